The van der Waals surface area contributed by atoms with Gasteiger partial charge < -0.3 is 9.84 Å². The molecule has 0 atom stereocenters. The zero-order chi connectivity index (χ0) is 10.0. The fourth-order valence-electron chi connectivity index (χ4n) is 0.809. The lowest BCUT2D eigenvalue weighted by Crippen LogP contribution is -2.07. The zero-order valence-corrected chi connectivity index (χ0v) is 8.62. The summed E-state index contributed by atoms with van der Waals surface area (Å²) in [6, 6.07) is 0. The number of aromatic nitrogens is 2. The van der Waals surface area contributed by atoms with Crippen molar-refractivity contribution in [2.45, 2.75) is 6.92 Å². The number of aromatic carboxylic acids is 1. The van der Waals surface area contributed by atoms with Crippen LogP contribution in [0.15, 0.2) is 4.47 Å². The van der Waals surface area contributed by atoms with Crippen LogP contribution in [-0.2, 0) is 0 Å². The van der Waals surface area contributed by atoms with E-state index in [-0.39, 0.29) is 11.4 Å². The van der Waals surface area contributed by atoms with Crippen LogP contribution in [0.4, 0.5) is 0 Å². The van der Waals surface area contributed by atoms with Gasteiger partial charge in [0.1, 0.15) is 0 Å². The molecule has 1 N–H and O–H groups in total. The first-order valence-corrected chi connectivity index (χ1v) is 4.17. The minimum Gasteiger partial charge on any atom is -0.493 e. The van der Waals surface area contributed by atoms with E-state index in [0.29, 0.717) is 10.2 Å². The molecular formula is C7H7BrN2O3. The number of carboxylic acid groups (broad SMARTS) is 1. The van der Waals surface area contributed by atoms with Crippen LogP contribution in [0.5, 0.6) is 5.75 Å². The van der Waals surface area contributed by atoms with Gasteiger partial charge in [0.05, 0.1) is 17.3 Å². The van der Waals surface area contributed by atoms with Crippen molar-refractivity contribution in [2.75, 3.05) is 7.11 Å². The second-order valence-corrected chi connectivity index (χ2v) is 3.08. The van der Waals surface area contributed by atoms with E-state index < -0.39 is 5.97 Å². The number of halogens is 1. The Morgan fingerprint density at radius 1 is 1.54 bits per heavy atom. The van der Waals surface area contributed by atoms with Crippen molar-refractivity contribution in [3.8, 4) is 5.75 Å². The standard InChI is InChI=1S/C7H7BrN2O3/c1-3-4(8)6(13-2)5(7(11)12)10-9-3/h1-2H3,(H,11,12). The maximum atomic E-state index is 10.6. The lowest BCUT2D eigenvalue weighted by atomic mass is 10.3. The molecule has 1 aromatic rings. The molecule has 0 aliphatic rings. The first kappa shape index (κ1) is 9.91. The highest BCUT2D eigenvalue weighted by molar-refractivity contribution is 9.10. The highest BCUT2D eigenvalue weighted by Gasteiger charge is 2.18. The molecule has 6 heteroatoms. The van der Waals surface area contributed by atoms with Gasteiger partial charge in [-0.3, -0.25) is 0 Å². The molecule has 1 heterocycles. The van der Waals surface area contributed by atoms with Crippen LogP contribution in [0.25, 0.3) is 0 Å². The quantitative estimate of drug-likeness (QED) is 0.851. The van der Waals surface area contributed by atoms with Crippen LogP contribution in [-0.4, -0.2) is 28.4 Å². The molecule has 0 unspecified atom stereocenters. The van der Waals surface area contributed by atoms with Crippen molar-refractivity contribution in [2.24, 2.45) is 0 Å². The third kappa shape index (κ3) is 1.77. The van der Waals surface area contributed by atoms with Gasteiger partial charge in [-0.15, -0.1) is 5.10 Å². The van der Waals surface area contributed by atoms with E-state index in [9.17, 15) is 4.79 Å². The Kier molecular flexibility index (Phi) is 2.82. The predicted molar refractivity (Wildman–Crippen MR) is 48.0 cm³/mol. The molecule has 0 aliphatic heterocycles. The van der Waals surface area contributed by atoms with Gasteiger partial charge in [-0.05, 0) is 22.9 Å². The summed E-state index contributed by atoms with van der Waals surface area (Å²) in [4.78, 5) is 10.6. The highest BCUT2D eigenvalue weighted by Crippen LogP contribution is 2.28. The Hall–Kier alpha value is -1.17. The number of carboxylic acids is 1. The van der Waals surface area contributed by atoms with Crippen LogP contribution in [0, 0.1) is 6.92 Å². The minimum absolute atomic E-state index is 0.194. The molecule has 0 aromatic carbocycles. The first-order valence-electron chi connectivity index (χ1n) is 3.38. The number of hydrogen-bond donors (Lipinski definition) is 1. The van der Waals surface area contributed by atoms with Crippen LogP contribution >= 0.6 is 15.9 Å². The number of rotatable bonds is 2. The molecule has 0 fully saturated rings. The molecular weight excluding hydrogens is 240 g/mol. The van der Waals surface area contributed by atoms with E-state index >= 15 is 0 Å². The Morgan fingerprint density at radius 2 is 2.15 bits per heavy atom. The number of ether oxygens (including phenoxy) is 1. The highest BCUT2D eigenvalue weighted by atomic mass is 79.9. The average Bonchev–Trinajstić information content (AvgIpc) is 2.09. The van der Waals surface area contributed by atoms with Crippen LogP contribution < -0.4 is 4.74 Å². The number of hydrogen-bond acceptors (Lipinski definition) is 4. The summed E-state index contributed by atoms with van der Waals surface area (Å²) in [6.45, 7) is 1.70. The van der Waals surface area contributed by atoms with Gasteiger partial charge in [0.25, 0.3) is 0 Å². The van der Waals surface area contributed by atoms with E-state index in [1.807, 2.05) is 0 Å². The lowest BCUT2D eigenvalue weighted by molar-refractivity contribution is 0.0685. The summed E-state index contributed by atoms with van der Waals surface area (Å²) >= 11 is 3.17. The van der Waals surface area contributed by atoms with Crippen molar-refractivity contribution in [3.63, 3.8) is 0 Å². The van der Waals surface area contributed by atoms with Crippen molar-refractivity contribution < 1.29 is 14.6 Å². The molecule has 1 rings (SSSR count). The summed E-state index contributed by atoms with van der Waals surface area (Å²) in [6.07, 6.45) is 0. The summed E-state index contributed by atoms with van der Waals surface area (Å²) in [5, 5.41) is 15.9. The van der Waals surface area contributed by atoms with Crippen LogP contribution in [0.1, 0.15) is 16.2 Å². The summed E-state index contributed by atoms with van der Waals surface area (Å²) in [7, 11) is 1.38. The van der Waals surface area contributed by atoms with Gasteiger partial charge in [-0.1, -0.05) is 0 Å². The maximum Gasteiger partial charge on any atom is 0.360 e. The normalized spacial score (nSPS) is 9.77. The lowest BCUT2D eigenvalue weighted by Gasteiger charge is -2.06. The zero-order valence-electron chi connectivity index (χ0n) is 7.04. The van der Waals surface area contributed by atoms with Gasteiger partial charge in [-0.2, -0.15) is 5.10 Å². The average molecular weight is 247 g/mol. The Balaban J connectivity index is 3.38. The van der Waals surface area contributed by atoms with Gasteiger partial charge >= 0.3 is 5.97 Å². The van der Waals surface area contributed by atoms with E-state index in [2.05, 4.69) is 26.1 Å². The van der Waals surface area contributed by atoms with Gasteiger partial charge in [0.15, 0.2) is 5.75 Å². The van der Waals surface area contributed by atoms with Crippen molar-refractivity contribution in [1.82, 2.24) is 10.2 Å². The van der Waals surface area contributed by atoms with Crippen LogP contribution in [0.3, 0.4) is 0 Å². The molecule has 5 nitrogen and oxygen atoms in total. The Morgan fingerprint density at radius 3 is 2.62 bits per heavy atom. The second-order valence-electron chi connectivity index (χ2n) is 2.29. The monoisotopic (exact) mass is 246 g/mol. The molecule has 0 saturated carbocycles. The minimum atomic E-state index is -1.16. The van der Waals surface area contributed by atoms with Crippen molar-refractivity contribution in [3.05, 3.63) is 15.9 Å². The molecule has 70 valence electrons. The first-order chi connectivity index (χ1) is 6.07. The van der Waals surface area contributed by atoms with E-state index in [1.165, 1.54) is 7.11 Å². The SMILES string of the molecule is COc1c(C(=O)O)nnc(C)c1Br. The summed E-state index contributed by atoms with van der Waals surface area (Å²) in [5.41, 5.74) is 0.391. The molecule has 0 radical (unpaired) electrons. The largest absolute Gasteiger partial charge is 0.493 e. The van der Waals surface area contributed by atoms with Crippen molar-refractivity contribution in [1.29, 1.82) is 0 Å². The van der Waals surface area contributed by atoms with Crippen molar-refractivity contribution >= 4 is 21.9 Å². The fourth-order valence-corrected chi connectivity index (χ4v) is 1.24. The molecule has 13 heavy (non-hydrogen) atoms. The molecule has 1 aromatic heterocycles. The fraction of sp³-hybridized carbons (Fsp3) is 0.286. The predicted octanol–water partition coefficient (Wildman–Crippen LogP) is 1.25. The topological polar surface area (TPSA) is 72.3 Å². The second kappa shape index (κ2) is 3.69. The maximum absolute atomic E-state index is 10.6. The number of methoxy groups -OCH3 is 1. The Labute approximate surface area is 82.9 Å². The summed E-state index contributed by atoms with van der Waals surface area (Å²) < 4.78 is 5.40. The molecule has 0 aliphatic carbocycles. The molecule has 0 bridgehead atoms. The van der Waals surface area contributed by atoms with Gasteiger partial charge in [-0.25, -0.2) is 4.79 Å². The number of carbonyl (C=O) groups is 1. The molecule has 0 saturated heterocycles. The Bertz CT molecular complexity index is 354. The third-order valence-corrected chi connectivity index (χ3v) is 2.37. The van der Waals surface area contributed by atoms with E-state index in [1.54, 1.807) is 6.92 Å². The smallest absolute Gasteiger partial charge is 0.360 e. The van der Waals surface area contributed by atoms with Crippen LogP contribution in [0.2, 0.25) is 0 Å². The number of aryl methyl sites for hydroxylation is 1. The summed E-state index contributed by atoms with van der Waals surface area (Å²) in [5.74, 6) is -0.968. The van der Waals surface area contributed by atoms with Gasteiger partial charge in [0.2, 0.25) is 5.69 Å². The van der Waals surface area contributed by atoms with E-state index in [4.69, 9.17) is 9.84 Å². The third-order valence-electron chi connectivity index (χ3n) is 1.44. The number of nitrogens with zero attached hydrogens (tertiary/aromatic N) is 2. The van der Waals surface area contributed by atoms with Gasteiger partial charge in [0, 0.05) is 0 Å². The molecule has 0 amide bonds. The molecule has 0 spiro atoms. The van der Waals surface area contributed by atoms with E-state index in [0.717, 1.165) is 0 Å².